The van der Waals surface area contributed by atoms with Crippen molar-refractivity contribution in [3.05, 3.63) is 60.3 Å². The van der Waals surface area contributed by atoms with Crippen LogP contribution in [0.25, 0.3) is 10.9 Å². The van der Waals surface area contributed by atoms with Crippen molar-refractivity contribution >= 4 is 34.6 Å². The summed E-state index contributed by atoms with van der Waals surface area (Å²) < 4.78 is 5.32. The lowest BCUT2D eigenvalue weighted by atomic mass is 10.2. The van der Waals surface area contributed by atoms with Crippen LogP contribution in [0.15, 0.2) is 59.8 Å². The van der Waals surface area contributed by atoms with Gasteiger partial charge in [0.1, 0.15) is 5.75 Å². The number of H-pyrrole nitrogens is 1. The Balaban J connectivity index is 1.56. The molecule has 1 heterocycles. The Hall–Kier alpha value is -3.61. The third-order valence-corrected chi connectivity index (χ3v) is 3.62. The minimum Gasteiger partial charge on any atom is -0.494 e. The maximum Gasteiger partial charge on any atom is 0.329 e. The Labute approximate surface area is 150 Å². The molecule has 3 N–H and O–H groups in total. The minimum absolute atomic E-state index is 0.495. The predicted octanol–water partition coefficient (Wildman–Crippen LogP) is 2.66. The van der Waals surface area contributed by atoms with E-state index in [4.69, 9.17) is 4.74 Å². The molecule has 7 heteroatoms. The zero-order valence-electron chi connectivity index (χ0n) is 14.2. The SMILES string of the molecule is CCOc1ccc(NC(=O)C(=O)N/N=C\c2c[nH]c3ccccc23)cc1. The number of hydrazone groups is 1. The van der Waals surface area contributed by atoms with Crippen LogP contribution in [-0.4, -0.2) is 29.6 Å². The first-order valence-corrected chi connectivity index (χ1v) is 8.10. The molecule has 0 radical (unpaired) electrons. The molecule has 1 aromatic heterocycles. The molecule has 0 saturated carbocycles. The van der Waals surface area contributed by atoms with Gasteiger partial charge in [-0.3, -0.25) is 9.59 Å². The fourth-order valence-electron chi connectivity index (χ4n) is 2.40. The van der Waals surface area contributed by atoms with Crippen molar-refractivity contribution < 1.29 is 14.3 Å². The minimum atomic E-state index is -0.852. The number of hydrogen-bond donors (Lipinski definition) is 3. The number of fused-ring (bicyclic) bond motifs is 1. The molecule has 0 aliphatic heterocycles. The van der Waals surface area contributed by atoms with Gasteiger partial charge < -0.3 is 15.0 Å². The Kier molecular flexibility index (Phi) is 5.28. The first-order valence-electron chi connectivity index (χ1n) is 8.10. The molecular weight excluding hydrogens is 332 g/mol. The standard InChI is InChI=1S/C19H18N4O3/c1-2-26-15-9-7-14(8-10-15)22-18(24)19(25)23-21-12-13-11-20-17-6-4-3-5-16(13)17/h3-12,20H,2H2,1H3,(H,22,24)(H,23,25)/b21-12-. The lowest BCUT2D eigenvalue weighted by Crippen LogP contribution is -2.32. The van der Waals surface area contributed by atoms with E-state index < -0.39 is 11.8 Å². The van der Waals surface area contributed by atoms with E-state index in [9.17, 15) is 9.59 Å². The molecule has 2 amide bonds. The average molecular weight is 350 g/mol. The third-order valence-electron chi connectivity index (χ3n) is 3.62. The van der Waals surface area contributed by atoms with Crippen LogP contribution in [0.2, 0.25) is 0 Å². The summed E-state index contributed by atoms with van der Waals surface area (Å²) in [4.78, 5) is 26.8. The number of anilines is 1. The summed E-state index contributed by atoms with van der Waals surface area (Å²) in [7, 11) is 0. The number of ether oxygens (including phenoxy) is 1. The Morgan fingerprint density at radius 3 is 2.65 bits per heavy atom. The van der Waals surface area contributed by atoms with Gasteiger partial charge in [-0.2, -0.15) is 5.10 Å². The summed E-state index contributed by atoms with van der Waals surface area (Å²) in [5, 5.41) is 7.31. The summed E-state index contributed by atoms with van der Waals surface area (Å²) >= 11 is 0. The summed E-state index contributed by atoms with van der Waals surface area (Å²) in [5.74, 6) is -0.960. The van der Waals surface area contributed by atoms with Gasteiger partial charge in [-0.1, -0.05) is 18.2 Å². The number of nitrogens with zero attached hydrogens (tertiary/aromatic N) is 1. The Morgan fingerprint density at radius 1 is 1.12 bits per heavy atom. The Bertz CT molecular complexity index is 945. The van der Waals surface area contributed by atoms with Gasteiger partial charge in [0.15, 0.2) is 0 Å². The van der Waals surface area contributed by atoms with Crippen molar-refractivity contribution in [3.8, 4) is 5.75 Å². The molecule has 0 unspecified atom stereocenters. The van der Waals surface area contributed by atoms with Crippen LogP contribution >= 0.6 is 0 Å². The van der Waals surface area contributed by atoms with E-state index in [0.29, 0.717) is 18.0 Å². The third kappa shape index (κ3) is 4.07. The number of hydrogen-bond acceptors (Lipinski definition) is 4. The highest BCUT2D eigenvalue weighted by molar-refractivity contribution is 6.39. The first kappa shape index (κ1) is 17.2. The van der Waals surface area contributed by atoms with Crippen LogP contribution in [-0.2, 0) is 9.59 Å². The second-order valence-electron chi connectivity index (χ2n) is 5.40. The molecule has 0 fully saturated rings. The van der Waals surface area contributed by atoms with Gasteiger partial charge in [0.05, 0.1) is 12.8 Å². The molecule has 2 aromatic carbocycles. The number of rotatable bonds is 5. The number of aromatic amines is 1. The zero-order chi connectivity index (χ0) is 18.4. The van der Waals surface area contributed by atoms with Crippen molar-refractivity contribution in [2.45, 2.75) is 6.92 Å². The topological polar surface area (TPSA) is 95.6 Å². The number of carbonyl (C=O) groups is 2. The maximum atomic E-state index is 11.9. The zero-order valence-corrected chi connectivity index (χ0v) is 14.2. The van der Waals surface area contributed by atoms with Gasteiger partial charge in [0, 0.05) is 28.4 Å². The number of amides is 2. The first-order chi connectivity index (χ1) is 12.7. The molecule has 7 nitrogen and oxygen atoms in total. The second-order valence-corrected chi connectivity index (χ2v) is 5.40. The number of aromatic nitrogens is 1. The van der Waals surface area contributed by atoms with Crippen LogP contribution in [0.1, 0.15) is 12.5 Å². The molecule has 3 rings (SSSR count). The Morgan fingerprint density at radius 2 is 1.88 bits per heavy atom. The lowest BCUT2D eigenvalue weighted by Gasteiger charge is -2.06. The highest BCUT2D eigenvalue weighted by Crippen LogP contribution is 2.16. The maximum absolute atomic E-state index is 11.9. The van der Waals surface area contributed by atoms with Gasteiger partial charge in [0.25, 0.3) is 0 Å². The van der Waals surface area contributed by atoms with Gasteiger partial charge in [-0.05, 0) is 37.3 Å². The summed E-state index contributed by atoms with van der Waals surface area (Å²) in [5.41, 5.74) is 4.49. The van der Waals surface area contributed by atoms with E-state index in [0.717, 1.165) is 16.5 Å². The molecule has 3 aromatic rings. The molecule has 0 atom stereocenters. The fourth-order valence-corrected chi connectivity index (χ4v) is 2.40. The predicted molar refractivity (Wildman–Crippen MR) is 100 cm³/mol. The van der Waals surface area contributed by atoms with Gasteiger partial charge in [-0.15, -0.1) is 0 Å². The van der Waals surface area contributed by atoms with Crippen molar-refractivity contribution in [1.82, 2.24) is 10.4 Å². The molecule has 0 aliphatic rings. The van der Waals surface area contributed by atoms with Gasteiger partial charge >= 0.3 is 11.8 Å². The van der Waals surface area contributed by atoms with Crippen LogP contribution in [0.5, 0.6) is 5.75 Å². The molecule has 0 spiro atoms. The highest BCUT2D eigenvalue weighted by Gasteiger charge is 2.13. The fraction of sp³-hybridized carbons (Fsp3) is 0.105. The monoisotopic (exact) mass is 350 g/mol. The number of benzene rings is 2. The van der Waals surface area contributed by atoms with E-state index in [-0.39, 0.29) is 0 Å². The number of nitrogens with one attached hydrogen (secondary N) is 3. The summed E-state index contributed by atoms with van der Waals surface area (Å²) in [6.07, 6.45) is 3.27. The van der Waals surface area contributed by atoms with E-state index in [1.54, 1.807) is 30.5 Å². The van der Waals surface area contributed by atoms with Gasteiger partial charge in [-0.25, -0.2) is 5.43 Å². The van der Waals surface area contributed by atoms with Crippen LogP contribution in [0.4, 0.5) is 5.69 Å². The molecule has 0 saturated heterocycles. The van der Waals surface area contributed by atoms with Crippen LogP contribution < -0.4 is 15.5 Å². The molecule has 132 valence electrons. The summed E-state index contributed by atoms with van der Waals surface area (Å²) in [6, 6.07) is 14.5. The molecular formula is C19H18N4O3. The molecule has 26 heavy (non-hydrogen) atoms. The average Bonchev–Trinajstić information content (AvgIpc) is 3.07. The van der Waals surface area contributed by atoms with Crippen molar-refractivity contribution in [3.63, 3.8) is 0 Å². The van der Waals surface area contributed by atoms with E-state index in [1.165, 1.54) is 6.21 Å². The van der Waals surface area contributed by atoms with Crippen LogP contribution in [0, 0.1) is 0 Å². The second kappa shape index (κ2) is 7.98. The van der Waals surface area contributed by atoms with E-state index >= 15 is 0 Å². The van der Waals surface area contributed by atoms with Crippen LogP contribution in [0.3, 0.4) is 0 Å². The van der Waals surface area contributed by atoms with E-state index in [1.807, 2.05) is 31.2 Å². The molecule has 0 aliphatic carbocycles. The largest absolute Gasteiger partial charge is 0.494 e. The van der Waals surface area contributed by atoms with E-state index in [2.05, 4.69) is 20.8 Å². The number of para-hydroxylation sites is 1. The van der Waals surface area contributed by atoms with Crippen molar-refractivity contribution in [2.24, 2.45) is 5.10 Å². The number of carbonyl (C=O) groups excluding carboxylic acids is 2. The van der Waals surface area contributed by atoms with Gasteiger partial charge in [0.2, 0.25) is 0 Å². The highest BCUT2D eigenvalue weighted by atomic mass is 16.5. The quantitative estimate of drug-likeness (QED) is 0.375. The van der Waals surface area contributed by atoms with Crippen molar-refractivity contribution in [2.75, 3.05) is 11.9 Å². The summed E-state index contributed by atoms with van der Waals surface area (Å²) in [6.45, 7) is 2.44. The smallest absolute Gasteiger partial charge is 0.329 e. The van der Waals surface area contributed by atoms with Crippen molar-refractivity contribution in [1.29, 1.82) is 0 Å². The normalized spacial score (nSPS) is 10.8. The lowest BCUT2D eigenvalue weighted by molar-refractivity contribution is -0.136. The molecule has 0 bridgehead atoms.